The van der Waals surface area contributed by atoms with Crippen molar-refractivity contribution in [2.75, 3.05) is 18.5 Å². The summed E-state index contributed by atoms with van der Waals surface area (Å²) in [5.74, 6) is -1.28. The van der Waals surface area contributed by atoms with Crippen molar-refractivity contribution in [2.45, 2.75) is 6.54 Å². The molecule has 0 aromatic heterocycles. The van der Waals surface area contributed by atoms with Crippen LogP contribution in [0, 0.1) is 0 Å². The van der Waals surface area contributed by atoms with Crippen LogP contribution in [0.5, 0.6) is 11.5 Å². The average Bonchev–Trinajstić information content (AvgIpc) is 2.91. The number of hydrazone groups is 1. The van der Waals surface area contributed by atoms with Crippen molar-refractivity contribution in [2.24, 2.45) is 5.10 Å². The third-order valence-corrected chi connectivity index (χ3v) is 4.95. The summed E-state index contributed by atoms with van der Waals surface area (Å²) in [6, 6.07) is 20.7. The Morgan fingerprint density at radius 1 is 0.946 bits per heavy atom. The van der Waals surface area contributed by atoms with E-state index < -0.39 is 11.8 Å². The van der Waals surface area contributed by atoms with Gasteiger partial charge in [-0.25, -0.2) is 5.43 Å². The fraction of sp³-hybridized carbons (Fsp3) is 0.111. The Morgan fingerprint density at radius 3 is 2.43 bits per heavy atom. The van der Waals surface area contributed by atoms with Crippen LogP contribution in [0.15, 0.2) is 90.6 Å². The first-order valence-electron chi connectivity index (χ1n) is 11.2. The minimum atomic E-state index is -0.979. The molecular formula is C27H25ClN4O5. The van der Waals surface area contributed by atoms with E-state index in [0.717, 1.165) is 5.56 Å². The molecule has 0 unspecified atom stereocenters. The molecule has 0 aliphatic heterocycles. The Bertz CT molecular complexity index is 1260. The van der Waals surface area contributed by atoms with Crippen molar-refractivity contribution >= 4 is 41.2 Å². The van der Waals surface area contributed by atoms with E-state index in [0.29, 0.717) is 40.9 Å². The molecule has 0 spiro atoms. The van der Waals surface area contributed by atoms with Crippen molar-refractivity contribution in [3.05, 3.63) is 102 Å². The molecule has 37 heavy (non-hydrogen) atoms. The van der Waals surface area contributed by atoms with Gasteiger partial charge in [0.15, 0.2) is 6.61 Å². The molecule has 0 radical (unpaired) electrons. The SMILES string of the molecule is C=CCOc1ccc(NC(=O)C(=O)N/N=C\c2cc(Cl)ccc2OCC(=O)NCc2ccccc2)cc1. The van der Waals surface area contributed by atoms with Crippen molar-refractivity contribution in [1.29, 1.82) is 0 Å². The highest BCUT2D eigenvalue weighted by molar-refractivity contribution is 6.39. The van der Waals surface area contributed by atoms with Gasteiger partial charge in [-0.1, -0.05) is 54.6 Å². The predicted octanol–water partition coefficient (Wildman–Crippen LogP) is 3.69. The second kappa shape index (κ2) is 14.1. The van der Waals surface area contributed by atoms with Crippen LogP contribution < -0.4 is 25.5 Å². The summed E-state index contributed by atoms with van der Waals surface area (Å²) < 4.78 is 11.0. The summed E-state index contributed by atoms with van der Waals surface area (Å²) in [6.07, 6.45) is 2.88. The molecule has 0 aliphatic rings. The molecule has 3 aromatic rings. The maximum atomic E-state index is 12.2. The number of carbonyl (C=O) groups is 3. The maximum absolute atomic E-state index is 12.2. The minimum Gasteiger partial charge on any atom is -0.490 e. The number of rotatable bonds is 11. The van der Waals surface area contributed by atoms with Gasteiger partial charge in [-0.15, -0.1) is 0 Å². The zero-order valence-corrected chi connectivity index (χ0v) is 20.5. The first kappa shape index (κ1) is 27.0. The molecule has 3 N–H and O–H groups in total. The van der Waals surface area contributed by atoms with Crippen LogP contribution in [0.3, 0.4) is 0 Å². The summed E-state index contributed by atoms with van der Waals surface area (Å²) in [6.45, 7) is 4.06. The van der Waals surface area contributed by atoms with Crippen molar-refractivity contribution in [1.82, 2.24) is 10.7 Å². The number of hydrogen-bond donors (Lipinski definition) is 3. The van der Waals surface area contributed by atoms with E-state index in [9.17, 15) is 14.4 Å². The third-order valence-electron chi connectivity index (χ3n) is 4.72. The lowest BCUT2D eigenvalue weighted by molar-refractivity contribution is -0.136. The highest BCUT2D eigenvalue weighted by Crippen LogP contribution is 2.21. The molecule has 0 bridgehead atoms. The number of carbonyl (C=O) groups excluding carboxylic acids is 3. The number of anilines is 1. The third kappa shape index (κ3) is 9.15. The molecule has 10 heteroatoms. The van der Waals surface area contributed by atoms with E-state index in [1.807, 2.05) is 30.3 Å². The van der Waals surface area contributed by atoms with Gasteiger partial charge < -0.3 is 20.1 Å². The predicted molar refractivity (Wildman–Crippen MR) is 142 cm³/mol. The van der Waals surface area contributed by atoms with Gasteiger partial charge in [0, 0.05) is 22.8 Å². The zero-order valence-electron chi connectivity index (χ0n) is 19.8. The number of amides is 3. The average molecular weight is 521 g/mol. The van der Waals surface area contributed by atoms with E-state index in [2.05, 4.69) is 27.7 Å². The molecule has 0 saturated heterocycles. The van der Waals surface area contributed by atoms with Gasteiger partial charge >= 0.3 is 11.8 Å². The first-order chi connectivity index (χ1) is 17.9. The lowest BCUT2D eigenvalue weighted by atomic mass is 10.2. The fourth-order valence-corrected chi connectivity index (χ4v) is 3.11. The Morgan fingerprint density at radius 2 is 1.70 bits per heavy atom. The van der Waals surface area contributed by atoms with E-state index in [-0.39, 0.29) is 12.5 Å². The largest absolute Gasteiger partial charge is 0.490 e. The molecule has 0 heterocycles. The number of benzene rings is 3. The number of hydrogen-bond acceptors (Lipinski definition) is 6. The van der Waals surface area contributed by atoms with Gasteiger partial charge in [0.05, 0.1) is 6.21 Å². The Labute approximate surface area is 219 Å². The Balaban J connectivity index is 1.50. The first-order valence-corrected chi connectivity index (χ1v) is 11.5. The van der Waals surface area contributed by atoms with Crippen molar-refractivity contribution in [3.63, 3.8) is 0 Å². The van der Waals surface area contributed by atoms with E-state index in [4.69, 9.17) is 21.1 Å². The summed E-state index contributed by atoms with van der Waals surface area (Å²) in [5.41, 5.74) is 3.92. The fourth-order valence-electron chi connectivity index (χ4n) is 2.93. The highest BCUT2D eigenvalue weighted by Gasteiger charge is 2.13. The smallest absolute Gasteiger partial charge is 0.329 e. The second-order valence-corrected chi connectivity index (χ2v) is 7.95. The van der Waals surface area contributed by atoms with Crippen LogP contribution in [-0.2, 0) is 20.9 Å². The maximum Gasteiger partial charge on any atom is 0.329 e. The van der Waals surface area contributed by atoms with Gasteiger partial charge in [0.25, 0.3) is 5.91 Å². The van der Waals surface area contributed by atoms with E-state index >= 15 is 0 Å². The zero-order chi connectivity index (χ0) is 26.5. The molecular weight excluding hydrogens is 496 g/mol. The van der Waals surface area contributed by atoms with Gasteiger partial charge in [-0.05, 0) is 48.0 Å². The van der Waals surface area contributed by atoms with Crippen LogP contribution in [-0.4, -0.2) is 37.1 Å². The van der Waals surface area contributed by atoms with Crippen LogP contribution in [0.2, 0.25) is 5.02 Å². The lowest BCUT2D eigenvalue weighted by Crippen LogP contribution is -2.32. The highest BCUT2D eigenvalue weighted by atomic mass is 35.5. The molecule has 3 rings (SSSR count). The number of nitrogens with zero attached hydrogens (tertiary/aromatic N) is 1. The van der Waals surface area contributed by atoms with Crippen LogP contribution >= 0.6 is 11.6 Å². The monoisotopic (exact) mass is 520 g/mol. The van der Waals surface area contributed by atoms with Gasteiger partial charge in [0.1, 0.15) is 18.1 Å². The topological polar surface area (TPSA) is 118 Å². The Kier molecular flexibility index (Phi) is 10.2. The van der Waals surface area contributed by atoms with Crippen molar-refractivity contribution in [3.8, 4) is 11.5 Å². The summed E-state index contributed by atoms with van der Waals surface area (Å²) in [7, 11) is 0. The summed E-state index contributed by atoms with van der Waals surface area (Å²) in [4.78, 5) is 36.4. The summed E-state index contributed by atoms with van der Waals surface area (Å²) >= 11 is 6.06. The second-order valence-electron chi connectivity index (χ2n) is 7.51. The molecule has 0 atom stereocenters. The normalized spacial score (nSPS) is 10.4. The number of ether oxygens (including phenoxy) is 2. The van der Waals surface area contributed by atoms with Gasteiger partial charge in [-0.2, -0.15) is 5.10 Å². The molecule has 0 saturated carbocycles. The minimum absolute atomic E-state index is 0.235. The van der Waals surface area contributed by atoms with E-state index in [1.165, 1.54) is 6.21 Å². The molecule has 190 valence electrons. The van der Waals surface area contributed by atoms with Gasteiger partial charge in [0.2, 0.25) is 0 Å². The Hall–Kier alpha value is -4.63. The van der Waals surface area contributed by atoms with Crippen molar-refractivity contribution < 1.29 is 23.9 Å². The van der Waals surface area contributed by atoms with Crippen LogP contribution in [0.4, 0.5) is 5.69 Å². The molecule has 3 amide bonds. The number of halogens is 1. The molecule has 0 aliphatic carbocycles. The number of nitrogens with one attached hydrogen (secondary N) is 3. The molecule has 0 fully saturated rings. The standard InChI is InChI=1S/C27H25ClN4O5/c1-2-14-36-23-11-9-22(10-12-23)31-26(34)27(35)32-30-17-20-15-21(28)8-13-24(20)37-18-25(33)29-16-19-6-4-3-5-7-19/h2-13,15,17H,1,14,16,18H2,(H,29,33)(H,31,34)(H,32,35)/b30-17-. The summed E-state index contributed by atoms with van der Waals surface area (Å²) in [5, 5.41) is 9.42. The molecule has 3 aromatic carbocycles. The quantitative estimate of drug-likeness (QED) is 0.154. The molecule has 9 nitrogen and oxygen atoms in total. The van der Waals surface area contributed by atoms with E-state index in [1.54, 1.807) is 48.5 Å². The lowest BCUT2D eigenvalue weighted by Gasteiger charge is -2.10. The van der Waals surface area contributed by atoms with Crippen LogP contribution in [0.1, 0.15) is 11.1 Å². The van der Waals surface area contributed by atoms with Crippen LogP contribution in [0.25, 0.3) is 0 Å². The van der Waals surface area contributed by atoms with Gasteiger partial charge in [-0.3, -0.25) is 14.4 Å².